The fourth-order valence-corrected chi connectivity index (χ4v) is 2.77. The van der Waals surface area contributed by atoms with Crippen molar-refractivity contribution in [1.29, 1.82) is 0 Å². The van der Waals surface area contributed by atoms with Gasteiger partial charge in [0, 0.05) is 24.1 Å². The van der Waals surface area contributed by atoms with E-state index < -0.39 is 0 Å². The molecule has 0 bridgehead atoms. The summed E-state index contributed by atoms with van der Waals surface area (Å²) in [4.78, 5) is 3.39. The van der Waals surface area contributed by atoms with Gasteiger partial charge in [-0.15, -0.1) is 0 Å². The van der Waals surface area contributed by atoms with Gasteiger partial charge in [-0.3, -0.25) is 0 Å². The predicted molar refractivity (Wildman–Crippen MR) is 92.9 cm³/mol. The quantitative estimate of drug-likeness (QED) is 0.750. The van der Waals surface area contributed by atoms with Crippen LogP contribution in [0.3, 0.4) is 0 Å². The predicted octanol–water partition coefficient (Wildman–Crippen LogP) is 3.90. The summed E-state index contributed by atoms with van der Waals surface area (Å²) in [6.45, 7) is 0. The van der Waals surface area contributed by atoms with Gasteiger partial charge in [-0.05, 0) is 23.8 Å². The van der Waals surface area contributed by atoms with Crippen molar-refractivity contribution in [2.75, 3.05) is 33.7 Å². The van der Waals surface area contributed by atoms with Crippen LogP contribution in [0.4, 0.5) is 5.82 Å². The maximum atomic E-state index is 5.44. The average molecular weight is 312 g/mol. The van der Waals surface area contributed by atoms with Gasteiger partial charge in [-0.25, -0.2) is 0 Å². The Kier molecular flexibility index (Phi) is 4.02. The standard InChI is InChI=1S/C18H20N2O3/c1-19-18-17(11-5-7-12(21-2)8-6-11)13-9-15(22-3)16(23-4)10-14(13)20-18/h5-10,19-20H,1-4H3. The van der Waals surface area contributed by atoms with E-state index in [-0.39, 0.29) is 0 Å². The molecule has 120 valence electrons. The highest BCUT2D eigenvalue weighted by atomic mass is 16.5. The highest BCUT2D eigenvalue weighted by Gasteiger charge is 2.16. The van der Waals surface area contributed by atoms with Crippen molar-refractivity contribution in [3.8, 4) is 28.4 Å². The molecule has 5 heteroatoms. The molecule has 0 spiro atoms. The minimum absolute atomic E-state index is 0.699. The van der Waals surface area contributed by atoms with E-state index in [2.05, 4.69) is 10.3 Å². The molecule has 0 aliphatic heterocycles. The Morgan fingerprint density at radius 1 is 0.870 bits per heavy atom. The lowest BCUT2D eigenvalue weighted by Crippen LogP contribution is -1.91. The molecular weight excluding hydrogens is 292 g/mol. The highest BCUT2D eigenvalue weighted by Crippen LogP contribution is 2.41. The van der Waals surface area contributed by atoms with Gasteiger partial charge in [0.2, 0.25) is 0 Å². The Bertz CT molecular complexity index is 822. The molecule has 3 rings (SSSR count). The lowest BCUT2D eigenvalue weighted by molar-refractivity contribution is 0.356. The zero-order chi connectivity index (χ0) is 16.4. The first-order chi connectivity index (χ1) is 11.2. The van der Waals surface area contributed by atoms with E-state index in [1.54, 1.807) is 21.3 Å². The first-order valence-corrected chi connectivity index (χ1v) is 7.31. The molecule has 0 unspecified atom stereocenters. The van der Waals surface area contributed by atoms with Crippen LogP contribution in [0.1, 0.15) is 0 Å². The Balaban J connectivity index is 2.24. The van der Waals surface area contributed by atoms with Gasteiger partial charge in [0.05, 0.1) is 26.8 Å². The maximum absolute atomic E-state index is 5.44. The minimum Gasteiger partial charge on any atom is -0.497 e. The number of ether oxygens (including phenoxy) is 3. The number of nitrogens with one attached hydrogen (secondary N) is 2. The summed E-state index contributed by atoms with van der Waals surface area (Å²) >= 11 is 0. The van der Waals surface area contributed by atoms with Gasteiger partial charge in [-0.1, -0.05) is 12.1 Å². The Hall–Kier alpha value is -2.82. The van der Waals surface area contributed by atoms with Crippen molar-refractivity contribution in [2.24, 2.45) is 0 Å². The second-order valence-corrected chi connectivity index (χ2v) is 5.11. The molecular formula is C18H20N2O3. The fourth-order valence-electron chi connectivity index (χ4n) is 2.77. The van der Waals surface area contributed by atoms with Crippen LogP contribution in [-0.4, -0.2) is 33.4 Å². The Morgan fingerprint density at radius 2 is 1.52 bits per heavy atom. The zero-order valence-electron chi connectivity index (χ0n) is 13.7. The van der Waals surface area contributed by atoms with Gasteiger partial charge < -0.3 is 24.5 Å². The summed E-state index contributed by atoms with van der Waals surface area (Å²) in [5, 5.41) is 4.29. The number of benzene rings is 2. The second-order valence-electron chi connectivity index (χ2n) is 5.11. The molecule has 1 heterocycles. The Labute approximate surface area is 135 Å². The summed E-state index contributed by atoms with van der Waals surface area (Å²) in [5.74, 6) is 3.18. The lowest BCUT2D eigenvalue weighted by Gasteiger charge is -2.09. The molecule has 0 aliphatic rings. The van der Waals surface area contributed by atoms with E-state index in [1.807, 2.05) is 43.4 Å². The molecule has 2 aromatic carbocycles. The third-order valence-electron chi connectivity index (χ3n) is 3.93. The van der Waals surface area contributed by atoms with Gasteiger partial charge in [-0.2, -0.15) is 0 Å². The van der Waals surface area contributed by atoms with E-state index in [0.29, 0.717) is 11.5 Å². The van der Waals surface area contributed by atoms with Crippen LogP contribution in [0.5, 0.6) is 17.2 Å². The van der Waals surface area contributed by atoms with Crippen LogP contribution in [-0.2, 0) is 0 Å². The SMILES string of the molecule is CNc1[nH]c2cc(OC)c(OC)cc2c1-c1ccc(OC)cc1. The average Bonchev–Trinajstić information content (AvgIpc) is 2.97. The first kappa shape index (κ1) is 15.1. The molecule has 3 aromatic rings. The van der Waals surface area contributed by atoms with Gasteiger partial charge in [0.1, 0.15) is 11.6 Å². The maximum Gasteiger partial charge on any atom is 0.162 e. The summed E-state index contributed by atoms with van der Waals surface area (Å²) < 4.78 is 16.1. The molecule has 0 saturated heterocycles. The molecule has 0 fully saturated rings. The van der Waals surface area contributed by atoms with Crippen LogP contribution in [0.25, 0.3) is 22.0 Å². The number of methoxy groups -OCH3 is 3. The number of aromatic amines is 1. The summed E-state index contributed by atoms with van der Waals surface area (Å²) in [6, 6.07) is 11.9. The third-order valence-corrected chi connectivity index (χ3v) is 3.93. The fraction of sp³-hybridized carbons (Fsp3) is 0.222. The van der Waals surface area contributed by atoms with Crippen molar-refractivity contribution in [3.63, 3.8) is 0 Å². The topological polar surface area (TPSA) is 55.5 Å². The van der Waals surface area contributed by atoms with Crippen molar-refractivity contribution in [1.82, 2.24) is 4.98 Å². The summed E-state index contributed by atoms with van der Waals surface area (Å²) in [6.07, 6.45) is 0. The zero-order valence-corrected chi connectivity index (χ0v) is 13.7. The van der Waals surface area contributed by atoms with Gasteiger partial charge in [0.15, 0.2) is 11.5 Å². The molecule has 0 amide bonds. The summed E-state index contributed by atoms with van der Waals surface area (Å²) in [5.41, 5.74) is 3.16. The van der Waals surface area contributed by atoms with E-state index in [0.717, 1.165) is 33.6 Å². The van der Waals surface area contributed by atoms with E-state index in [4.69, 9.17) is 14.2 Å². The number of rotatable bonds is 5. The largest absolute Gasteiger partial charge is 0.497 e. The van der Waals surface area contributed by atoms with Crippen LogP contribution < -0.4 is 19.5 Å². The number of H-pyrrole nitrogens is 1. The molecule has 1 aromatic heterocycles. The van der Waals surface area contributed by atoms with Gasteiger partial charge in [0.25, 0.3) is 0 Å². The number of hydrogen-bond donors (Lipinski definition) is 2. The number of hydrogen-bond acceptors (Lipinski definition) is 4. The van der Waals surface area contributed by atoms with Crippen molar-refractivity contribution in [3.05, 3.63) is 36.4 Å². The van der Waals surface area contributed by atoms with Crippen LogP contribution in [0.15, 0.2) is 36.4 Å². The third kappa shape index (κ3) is 2.54. The monoisotopic (exact) mass is 312 g/mol. The lowest BCUT2D eigenvalue weighted by atomic mass is 10.0. The molecule has 0 atom stereocenters. The highest BCUT2D eigenvalue weighted by molar-refractivity contribution is 6.03. The molecule has 0 saturated carbocycles. The smallest absolute Gasteiger partial charge is 0.162 e. The molecule has 2 N–H and O–H groups in total. The number of anilines is 1. The van der Waals surface area contributed by atoms with Crippen molar-refractivity contribution in [2.45, 2.75) is 0 Å². The van der Waals surface area contributed by atoms with Crippen molar-refractivity contribution < 1.29 is 14.2 Å². The van der Waals surface area contributed by atoms with Crippen LogP contribution in [0, 0.1) is 0 Å². The molecule has 0 aliphatic carbocycles. The normalized spacial score (nSPS) is 10.6. The summed E-state index contributed by atoms with van der Waals surface area (Å²) in [7, 11) is 6.83. The van der Waals surface area contributed by atoms with Gasteiger partial charge >= 0.3 is 0 Å². The van der Waals surface area contributed by atoms with E-state index >= 15 is 0 Å². The minimum atomic E-state index is 0.699. The second kappa shape index (κ2) is 6.12. The number of aromatic nitrogens is 1. The molecule has 5 nitrogen and oxygen atoms in total. The van der Waals surface area contributed by atoms with Crippen LogP contribution in [0.2, 0.25) is 0 Å². The molecule has 0 radical (unpaired) electrons. The first-order valence-electron chi connectivity index (χ1n) is 7.31. The number of fused-ring (bicyclic) bond motifs is 1. The van der Waals surface area contributed by atoms with E-state index in [1.165, 1.54) is 0 Å². The van der Waals surface area contributed by atoms with Crippen LogP contribution >= 0.6 is 0 Å². The van der Waals surface area contributed by atoms with Crippen molar-refractivity contribution >= 4 is 16.7 Å². The Morgan fingerprint density at radius 3 is 2.09 bits per heavy atom. The molecule has 23 heavy (non-hydrogen) atoms. The van der Waals surface area contributed by atoms with E-state index in [9.17, 15) is 0 Å².